The van der Waals surface area contributed by atoms with Crippen LogP contribution in [0.2, 0.25) is 0 Å². The Bertz CT molecular complexity index is 772. The summed E-state index contributed by atoms with van der Waals surface area (Å²) in [6.45, 7) is 2.52. The van der Waals surface area contributed by atoms with Gasteiger partial charge in [0.25, 0.3) is 5.91 Å². The lowest BCUT2D eigenvalue weighted by Gasteiger charge is -2.26. The third-order valence-electron chi connectivity index (χ3n) is 3.19. The normalized spacial score (nSPS) is 14.8. The lowest BCUT2D eigenvalue weighted by Crippen LogP contribution is -2.40. The molecule has 1 fully saturated rings. The second kappa shape index (κ2) is 7.66. The highest BCUT2D eigenvalue weighted by Crippen LogP contribution is 2.25. The van der Waals surface area contributed by atoms with Crippen LogP contribution in [-0.2, 0) is 9.53 Å². The first kappa shape index (κ1) is 18.9. The van der Waals surface area contributed by atoms with E-state index in [9.17, 15) is 18.0 Å². The predicted octanol–water partition coefficient (Wildman–Crippen LogP) is 1.98. The number of fused-ring (bicyclic) bond motifs is 1. The first-order valence-corrected chi connectivity index (χ1v) is 7.83. The van der Waals surface area contributed by atoms with E-state index in [1.807, 2.05) is 12.1 Å². The van der Waals surface area contributed by atoms with E-state index < -0.39 is 12.1 Å². The summed E-state index contributed by atoms with van der Waals surface area (Å²) in [6.07, 6.45) is -5.08. The minimum atomic E-state index is -5.08. The summed E-state index contributed by atoms with van der Waals surface area (Å²) in [5, 5.41) is 7.65. The fourth-order valence-corrected chi connectivity index (χ4v) is 2.74. The predicted molar refractivity (Wildman–Crippen MR) is 84.4 cm³/mol. The van der Waals surface area contributed by atoms with Crippen LogP contribution in [0.1, 0.15) is 10.4 Å². The Morgan fingerprint density at radius 3 is 2.44 bits per heavy atom. The number of hydrogen-bond acceptors (Lipinski definition) is 6. The molecule has 11 heteroatoms. The van der Waals surface area contributed by atoms with Gasteiger partial charge in [-0.2, -0.15) is 13.2 Å². The Morgan fingerprint density at radius 2 is 1.88 bits per heavy atom. The third kappa shape index (κ3) is 5.03. The molecule has 2 aromatic rings. The lowest BCUT2D eigenvalue weighted by molar-refractivity contribution is -0.192. The standard InChI is InChI=1S/C12H13N3O2S.C2HF3O2/c13-12-14-9-7-8(1-2-10(9)18-12)11(16)15-3-5-17-6-4-15;3-2(4,5)1(6)7/h1-2,7H,3-6H2,(H2,13,14);(H,6,7). The molecule has 1 amide bonds. The number of ether oxygens (including phenoxy) is 1. The highest BCUT2D eigenvalue weighted by Gasteiger charge is 2.38. The number of thiazole rings is 1. The first-order valence-electron chi connectivity index (χ1n) is 7.01. The zero-order valence-corrected chi connectivity index (χ0v) is 13.6. The molecule has 0 saturated carbocycles. The number of rotatable bonds is 1. The molecule has 25 heavy (non-hydrogen) atoms. The molecule has 1 aliphatic heterocycles. The Balaban J connectivity index is 0.000000277. The molecule has 0 unspecified atom stereocenters. The molecule has 1 aromatic heterocycles. The van der Waals surface area contributed by atoms with E-state index in [1.165, 1.54) is 11.3 Å². The van der Waals surface area contributed by atoms with Gasteiger partial charge in [-0.15, -0.1) is 0 Å². The maximum Gasteiger partial charge on any atom is 0.490 e. The second-order valence-electron chi connectivity index (χ2n) is 4.94. The van der Waals surface area contributed by atoms with Crippen molar-refractivity contribution in [3.05, 3.63) is 23.8 Å². The van der Waals surface area contributed by atoms with Crippen molar-refractivity contribution in [3.8, 4) is 0 Å². The molecule has 1 aliphatic rings. The van der Waals surface area contributed by atoms with Crippen molar-refractivity contribution in [3.63, 3.8) is 0 Å². The molecule has 1 aromatic carbocycles. The molecule has 2 heterocycles. The summed E-state index contributed by atoms with van der Waals surface area (Å²) in [5.41, 5.74) is 7.11. The molecule has 0 bridgehead atoms. The van der Waals surface area contributed by atoms with E-state index in [2.05, 4.69) is 4.98 Å². The van der Waals surface area contributed by atoms with Crippen molar-refractivity contribution in [1.82, 2.24) is 9.88 Å². The van der Waals surface area contributed by atoms with Crippen LogP contribution in [0.4, 0.5) is 18.3 Å². The molecule has 3 N–H and O–H groups in total. The molecular formula is C14H14F3N3O4S. The molecule has 3 rings (SSSR count). The van der Waals surface area contributed by atoms with Crippen LogP contribution in [0.15, 0.2) is 18.2 Å². The van der Waals surface area contributed by atoms with Crippen LogP contribution in [0.5, 0.6) is 0 Å². The number of carbonyl (C=O) groups is 2. The molecule has 0 aliphatic carbocycles. The van der Waals surface area contributed by atoms with E-state index in [0.717, 1.165) is 10.2 Å². The molecular weight excluding hydrogens is 363 g/mol. The summed E-state index contributed by atoms with van der Waals surface area (Å²) in [5.74, 6) is -2.72. The third-order valence-corrected chi connectivity index (χ3v) is 4.06. The average Bonchev–Trinajstić information content (AvgIpc) is 2.93. The Hall–Kier alpha value is -2.40. The van der Waals surface area contributed by atoms with E-state index in [4.69, 9.17) is 20.4 Å². The second-order valence-corrected chi connectivity index (χ2v) is 6.00. The van der Waals surface area contributed by atoms with Crippen LogP contribution in [-0.4, -0.2) is 59.3 Å². The number of hydrogen-bond donors (Lipinski definition) is 2. The fourth-order valence-electron chi connectivity index (χ4n) is 2.03. The largest absolute Gasteiger partial charge is 0.490 e. The number of halogens is 3. The van der Waals surface area contributed by atoms with Gasteiger partial charge in [0.05, 0.1) is 23.4 Å². The molecule has 0 radical (unpaired) electrons. The number of carbonyl (C=O) groups excluding carboxylic acids is 1. The van der Waals surface area contributed by atoms with Crippen LogP contribution in [0.25, 0.3) is 10.2 Å². The topological polar surface area (TPSA) is 106 Å². The summed E-state index contributed by atoms with van der Waals surface area (Å²) >= 11 is 1.43. The van der Waals surface area contributed by atoms with Crippen LogP contribution < -0.4 is 5.73 Å². The zero-order valence-electron chi connectivity index (χ0n) is 12.7. The summed E-state index contributed by atoms with van der Waals surface area (Å²) < 4.78 is 38.0. The Kier molecular flexibility index (Phi) is 5.80. The van der Waals surface area contributed by atoms with Crippen molar-refractivity contribution in [2.75, 3.05) is 32.0 Å². The Labute approximate surface area is 143 Å². The van der Waals surface area contributed by atoms with Crippen molar-refractivity contribution in [1.29, 1.82) is 0 Å². The number of nitrogens with zero attached hydrogens (tertiary/aromatic N) is 2. The highest BCUT2D eigenvalue weighted by atomic mass is 32.1. The molecule has 7 nitrogen and oxygen atoms in total. The number of benzene rings is 1. The molecule has 0 spiro atoms. The minimum Gasteiger partial charge on any atom is -0.475 e. The van der Waals surface area contributed by atoms with Crippen LogP contribution >= 0.6 is 11.3 Å². The van der Waals surface area contributed by atoms with Crippen molar-refractivity contribution < 1.29 is 32.6 Å². The van der Waals surface area contributed by atoms with Gasteiger partial charge in [-0.05, 0) is 18.2 Å². The van der Waals surface area contributed by atoms with Gasteiger partial charge in [-0.1, -0.05) is 11.3 Å². The van der Waals surface area contributed by atoms with E-state index in [0.29, 0.717) is 37.0 Å². The van der Waals surface area contributed by atoms with Gasteiger partial charge in [0.2, 0.25) is 0 Å². The molecule has 0 atom stereocenters. The van der Waals surface area contributed by atoms with Crippen LogP contribution in [0, 0.1) is 0 Å². The number of carboxylic acids is 1. The smallest absolute Gasteiger partial charge is 0.475 e. The lowest BCUT2D eigenvalue weighted by atomic mass is 10.2. The number of morpholine rings is 1. The first-order chi connectivity index (χ1) is 11.7. The van der Waals surface area contributed by atoms with Crippen molar-refractivity contribution in [2.45, 2.75) is 6.18 Å². The quantitative estimate of drug-likeness (QED) is 0.787. The van der Waals surface area contributed by atoms with Crippen molar-refractivity contribution in [2.24, 2.45) is 0 Å². The monoisotopic (exact) mass is 377 g/mol. The van der Waals surface area contributed by atoms with Gasteiger partial charge in [-0.3, -0.25) is 4.79 Å². The number of nitrogen functional groups attached to an aromatic ring is 1. The summed E-state index contributed by atoms with van der Waals surface area (Å²) in [7, 11) is 0. The fraction of sp³-hybridized carbons (Fsp3) is 0.357. The summed E-state index contributed by atoms with van der Waals surface area (Å²) in [4.78, 5) is 27.2. The molecule has 1 saturated heterocycles. The molecule has 136 valence electrons. The minimum absolute atomic E-state index is 0.0340. The average molecular weight is 377 g/mol. The van der Waals surface area contributed by atoms with E-state index in [-0.39, 0.29) is 5.91 Å². The zero-order chi connectivity index (χ0) is 18.6. The summed E-state index contributed by atoms with van der Waals surface area (Å²) in [6, 6.07) is 5.54. The number of nitrogens with two attached hydrogens (primary N) is 1. The van der Waals surface area contributed by atoms with Gasteiger partial charge >= 0.3 is 12.1 Å². The number of aromatic nitrogens is 1. The SMILES string of the molecule is Nc1nc2cc(C(=O)N3CCOCC3)ccc2s1.O=C(O)C(F)(F)F. The van der Waals surface area contributed by atoms with Crippen molar-refractivity contribution >= 4 is 38.6 Å². The Morgan fingerprint density at radius 1 is 1.28 bits per heavy atom. The highest BCUT2D eigenvalue weighted by molar-refractivity contribution is 7.22. The number of carboxylic acid groups (broad SMARTS) is 1. The van der Waals surface area contributed by atoms with Gasteiger partial charge in [0.1, 0.15) is 0 Å². The van der Waals surface area contributed by atoms with Gasteiger partial charge in [0.15, 0.2) is 5.13 Å². The van der Waals surface area contributed by atoms with Gasteiger partial charge < -0.3 is 20.5 Å². The van der Waals surface area contributed by atoms with Gasteiger partial charge in [0, 0.05) is 18.7 Å². The number of amides is 1. The number of aliphatic carboxylic acids is 1. The maximum atomic E-state index is 12.3. The van der Waals surface area contributed by atoms with E-state index in [1.54, 1.807) is 11.0 Å². The van der Waals surface area contributed by atoms with E-state index >= 15 is 0 Å². The van der Waals surface area contributed by atoms with Gasteiger partial charge in [-0.25, -0.2) is 9.78 Å². The maximum absolute atomic E-state index is 12.3. The number of alkyl halides is 3. The number of anilines is 1. The van der Waals surface area contributed by atoms with Crippen LogP contribution in [0.3, 0.4) is 0 Å².